The molecule has 158 valence electrons. The van der Waals surface area contributed by atoms with Crippen LogP contribution in [0, 0.1) is 0 Å². The highest BCUT2D eigenvalue weighted by Gasteiger charge is 2.33. The first-order chi connectivity index (χ1) is 14.1. The van der Waals surface area contributed by atoms with Crippen molar-refractivity contribution < 1.29 is 21.6 Å². The van der Waals surface area contributed by atoms with E-state index in [-0.39, 0.29) is 16.4 Å². The van der Waals surface area contributed by atoms with E-state index in [0.29, 0.717) is 11.5 Å². The monoisotopic (exact) mass is 457 g/mol. The number of hydrogen-bond acceptors (Lipinski definition) is 6. The average molecular weight is 458 g/mol. The molecule has 0 aliphatic rings. The van der Waals surface area contributed by atoms with E-state index in [1.165, 1.54) is 37.6 Å². The third kappa shape index (κ3) is 5.17. The van der Waals surface area contributed by atoms with Crippen LogP contribution in [-0.4, -0.2) is 25.4 Å². The van der Waals surface area contributed by atoms with Crippen LogP contribution in [0.3, 0.4) is 0 Å². The molecule has 3 N–H and O–H groups in total. The van der Waals surface area contributed by atoms with Gasteiger partial charge in [-0.25, -0.2) is 23.1 Å². The zero-order chi connectivity index (χ0) is 21.9. The van der Waals surface area contributed by atoms with Crippen LogP contribution in [0.4, 0.5) is 36.2 Å². The van der Waals surface area contributed by atoms with Gasteiger partial charge in [-0.2, -0.15) is 13.2 Å². The molecule has 30 heavy (non-hydrogen) atoms. The maximum atomic E-state index is 13.0. The van der Waals surface area contributed by atoms with Crippen LogP contribution in [0.2, 0.25) is 5.02 Å². The predicted molar refractivity (Wildman–Crippen MR) is 108 cm³/mol. The number of anilines is 4. The summed E-state index contributed by atoms with van der Waals surface area (Å²) in [6, 6.07) is 10.9. The summed E-state index contributed by atoms with van der Waals surface area (Å²) in [6.45, 7) is 0. The summed E-state index contributed by atoms with van der Waals surface area (Å²) in [6.07, 6.45) is -3.38. The van der Waals surface area contributed by atoms with E-state index in [1.54, 1.807) is 12.1 Å². The summed E-state index contributed by atoms with van der Waals surface area (Å²) < 4.78 is 65.1. The highest BCUT2D eigenvalue weighted by atomic mass is 35.5. The molecule has 1 heterocycles. The fourth-order valence-electron chi connectivity index (χ4n) is 2.47. The molecule has 3 rings (SSSR count). The number of nitrogens with zero attached hydrogens (tertiary/aromatic N) is 2. The van der Waals surface area contributed by atoms with Crippen molar-refractivity contribution in [2.45, 2.75) is 11.1 Å². The lowest BCUT2D eigenvalue weighted by Gasteiger charge is -2.13. The fraction of sp³-hybridized carbons (Fsp3) is 0.111. The van der Waals surface area contributed by atoms with Crippen LogP contribution in [0.25, 0.3) is 0 Å². The third-order valence-electron chi connectivity index (χ3n) is 3.90. The lowest BCUT2D eigenvalue weighted by Crippen LogP contribution is -2.18. The maximum Gasteiger partial charge on any atom is 0.417 e. The SMILES string of the molecule is CNS(=O)(=O)c1cccc(Nc2cc(Nc3ccc(Cl)c(C(F)(F)F)c3)ncn2)c1. The standard InChI is InChI=1S/C18H15ClF3N5O2S/c1-23-30(28,29)13-4-2-3-11(7-13)26-16-9-17(25-10-24-16)27-12-5-6-15(19)14(8-12)18(20,21)22/h2-10,23H,1H3,(H2,24,25,26,27). The summed E-state index contributed by atoms with van der Waals surface area (Å²) in [5.74, 6) is 0.526. The number of halogens is 4. The maximum absolute atomic E-state index is 13.0. The highest BCUT2D eigenvalue weighted by Crippen LogP contribution is 2.36. The fourth-order valence-corrected chi connectivity index (χ4v) is 3.47. The second kappa shape index (κ2) is 8.46. The Balaban J connectivity index is 1.82. The third-order valence-corrected chi connectivity index (χ3v) is 5.64. The van der Waals surface area contributed by atoms with Crippen LogP contribution in [0.1, 0.15) is 5.56 Å². The van der Waals surface area contributed by atoms with Gasteiger partial charge in [-0.05, 0) is 43.4 Å². The normalized spacial score (nSPS) is 11.9. The van der Waals surface area contributed by atoms with Crippen LogP contribution < -0.4 is 15.4 Å². The highest BCUT2D eigenvalue weighted by molar-refractivity contribution is 7.89. The predicted octanol–water partition coefficient (Wildman–Crippen LogP) is 4.54. The number of nitrogens with one attached hydrogen (secondary N) is 3. The molecule has 7 nitrogen and oxygen atoms in total. The molecule has 0 saturated carbocycles. The van der Waals surface area contributed by atoms with E-state index in [2.05, 4.69) is 25.3 Å². The number of sulfonamides is 1. The van der Waals surface area contributed by atoms with Gasteiger partial charge >= 0.3 is 6.18 Å². The summed E-state index contributed by atoms with van der Waals surface area (Å²) >= 11 is 5.62. The number of alkyl halides is 3. The van der Waals surface area contributed by atoms with Crippen molar-refractivity contribution >= 4 is 44.6 Å². The van der Waals surface area contributed by atoms with Crippen molar-refractivity contribution in [2.24, 2.45) is 0 Å². The minimum atomic E-state index is -4.59. The van der Waals surface area contributed by atoms with Crippen molar-refractivity contribution in [3.8, 4) is 0 Å². The van der Waals surface area contributed by atoms with Crippen molar-refractivity contribution in [1.82, 2.24) is 14.7 Å². The number of rotatable bonds is 6. The van der Waals surface area contributed by atoms with Crippen molar-refractivity contribution in [2.75, 3.05) is 17.7 Å². The van der Waals surface area contributed by atoms with Gasteiger partial charge in [0.05, 0.1) is 15.5 Å². The van der Waals surface area contributed by atoms with Crippen LogP contribution >= 0.6 is 11.6 Å². The molecule has 2 aromatic carbocycles. The van der Waals surface area contributed by atoms with Gasteiger partial charge in [0, 0.05) is 17.4 Å². The second-order valence-electron chi connectivity index (χ2n) is 5.97. The number of benzene rings is 2. The molecular formula is C18H15ClF3N5O2S. The van der Waals surface area contributed by atoms with E-state index in [4.69, 9.17) is 11.6 Å². The average Bonchev–Trinajstić information content (AvgIpc) is 2.69. The first kappa shape index (κ1) is 21.8. The molecule has 0 aliphatic carbocycles. The molecule has 0 spiro atoms. The van der Waals surface area contributed by atoms with Crippen LogP contribution in [0.15, 0.2) is 59.8 Å². The Labute approximate surface area is 175 Å². The minimum Gasteiger partial charge on any atom is -0.340 e. The van der Waals surface area contributed by atoms with Crippen LogP contribution in [0.5, 0.6) is 0 Å². The van der Waals surface area contributed by atoms with Gasteiger partial charge in [0.1, 0.15) is 18.0 Å². The van der Waals surface area contributed by atoms with Crippen LogP contribution in [-0.2, 0) is 16.2 Å². The molecular weight excluding hydrogens is 443 g/mol. The Morgan fingerprint density at radius 1 is 0.933 bits per heavy atom. The van der Waals surface area contributed by atoms with Crippen molar-refractivity contribution in [1.29, 1.82) is 0 Å². The van der Waals surface area contributed by atoms with Gasteiger partial charge in [-0.1, -0.05) is 17.7 Å². The summed E-state index contributed by atoms with van der Waals surface area (Å²) in [5.41, 5.74) is -0.385. The van der Waals surface area contributed by atoms with Crippen molar-refractivity contribution in [3.05, 3.63) is 65.4 Å². The molecule has 0 bridgehead atoms. The Morgan fingerprint density at radius 3 is 2.17 bits per heavy atom. The zero-order valence-electron chi connectivity index (χ0n) is 15.3. The van der Waals surface area contributed by atoms with Gasteiger partial charge in [0.15, 0.2) is 0 Å². The van der Waals surface area contributed by atoms with Gasteiger partial charge in [0.2, 0.25) is 10.0 Å². The van der Waals surface area contributed by atoms with Crippen molar-refractivity contribution in [3.63, 3.8) is 0 Å². The molecule has 0 radical (unpaired) electrons. The van der Waals surface area contributed by atoms with E-state index in [9.17, 15) is 21.6 Å². The summed E-state index contributed by atoms with van der Waals surface area (Å²) in [5, 5.41) is 5.28. The molecule has 0 saturated heterocycles. The Kier molecular flexibility index (Phi) is 6.15. The first-order valence-corrected chi connectivity index (χ1v) is 10.2. The van der Waals surface area contributed by atoms with Gasteiger partial charge < -0.3 is 10.6 Å². The van der Waals surface area contributed by atoms with Gasteiger partial charge in [-0.3, -0.25) is 0 Å². The Hall–Kier alpha value is -2.89. The molecule has 12 heteroatoms. The van der Waals surface area contributed by atoms with Gasteiger partial charge in [0.25, 0.3) is 0 Å². The number of aromatic nitrogens is 2. The second-order valence-corrected chi connectivity index (χ2v) is 8.26. The molecule has 0 amide bonds. The molecule has 0 atom stereocenters. The quantitative estimate of drug-likeness (QED) is 0.503. The molecule has 0 unspecified atom stereocenters. The van der Waals surface area contributed by atoms with E-state index in [1.807, 2.05) is 0 Å². The molecule has 0 aliphatic heterocycles. The van der Waals surface area contributed by atoms with E-state index < -0.39 is 26.8 Å². The lowest BCUT2D eigenvalue weighted by atomic mass is 10.2. The summed E-state index contributed by atoms with van der Waals surface area (Å²) in [4.78, 5) is 8.07. The largest absolute Gasteiger partial charge is 0.417 e. The van der Waals surface area contributed by atoms with E-state index >= 15 is 0 Å². The first-order valence-electron chi connectivity index (χ1n) is 8.35. The molecule has 1 aromatic heterocycles. The molecule has 0 fully saturated rings. The lowest BCUT2D eigenvalue weighted by molar-refractivity contribution is -0.137. The van der Waals surface area contributed by atoms with Gasteiger partial charge in [-0.15, -0.1) is 0 Å². The smallest absolute Gasteiger partial charge is 0.340 e. The molecule has 3 aromatic rings. The summed E-state index contributed by atoms with van der Waals surface area (Å²) in [7, 11) is -2.32. The minimum absolute atomic E-state index is 0.0586. The zero-order valence-corrected chi connectivity index (χ0v) is 16.9. The Bertz CT molecular complexity index is 1170. The topological polar surface area (TPSA) is 96.0 Å². The Morgan fingerprint density at radius 2 is 1.57 bits per heavy atom. The number of hydrogen-bond donors (Lipinski definition) is 3. The van der Waals surface area contributed by atoms with E-state index in [0.717, 1.165) is 12.1 Å².